The molecule has 1 rings (SSSR count). The van der Waals surface area contributed by atoms with Crippen LogP contribution in [0.2, 0.25) is 0 Å². The first kappa shape index (κ1) is 13.2. The largest absolute Gasteiger partial charge is 0.387 e. The van der Waals surface area contributed by atoms with Gasteiger partial charge in [0.05, 0.1) is 6.10 Å². The van der Waals surface area contributed by atoms with Gasteiger partial charge >= 0.3 is 0 Å². The Balaban J connectivity index is 2.53. The molecule has 0 aliphatic rings. The van der Waals surface area contributed by atoms with Gasteiger partial charge in [0.2, 0.25) is 5.91 Å². The molecule has 0 aliphatic carbocycles. The zero-order valence-corrected chi connectivity index (χ0v) is 11.0. The van der Waals surface area contributed by atoms with E-state index >= 15 is 0 Å². The van der Waals surface area contributed by atoms with Crippen LogP contribution in [0.4, 0.5) is 0 Å². The summed E-state index contributed by atoms with van der Waals surface area (Å²) < 4.78 is 0.916. The number of rotatable bonds is 4. The first-order chi connectivity index (χ1) is 7.50. The second kappa shape index (κ2) is 6.01. The molecule has 1 aromatic rings. The third-order valence-corrected chi connectivity index (χ3v) is 2.72. The van der Waals surface area contributed by atoms with Crippen LogP contribution in [0.5, 0.6) is 0 Å². The van der Waals surface area contributed by atoms with Crippen LogP contribution in [-0.4, -0.2) is 17.6 Å². The zero-order chi connectivity index (χ0) is 12.1. The molecule has 3 nitrogen and oxygen atoms in total. The monoisotopic (exact) mass is 285 g/mol. The first-order valence-electron chi connectivity index (χ1n) is 5.22. The number of halogens is 1. The fourth-order valence-corrected chi connectivity index (χ4v) is 1.65. The number of carbonyl (C=O) groups is 1. The van der Waals surface area contributed by atoms with Crippen LogP contribution in [0.25, 0.3) is 0 Å². The van der Waals surface area contributed by atoms with Crippen molar-refractivity contribution < 1.29 is 9.90 Å². The Labute approximate surface area is 104 Å². The molecule has 0 unspecified atom stereocenters. The van der Waals surface area contributed by atoms with Gasteiger partial charge in [-0.15, -0.1) is 0 Å². The van der Waals surface area contributed by atoms with Crippen molar-refractivity contribution in [2.24, 2.45) is 5.92 Å². The fraction of sp³-hybridized carbons (Fsp3) is 0.417. The zero-order valence-electron chi connectivity index (χ0n) is 9.40. The maximum atomic E-state index is 11.3. The Bertz CT molecular complexity index is 366. The highest BCUT2D eigenvalue weighted by atomic mass is 79.9. The highest BCUT2D eigenvalue weighted by Crippen LogP contribution is 2.17. The average molecular weight is 286 g/mol. The number of amides is 1. The van der Waals surface area contributed by atoms with Crippen LogP contribution >= 0.6 is 15.9 Å². The number of carbonyl (C=O) groups excluding carboxylic acids is 1. The molecule has 1 amide bonds. The van der Waals surface area contributed by atoms with Gasteiger partial charge in [0.1, 0.15) is 0 Å². The van der Waals surface area contributed by atoms with Crippen molar-refractivity contribution in [3.05, 3.63) is 34.3 Å². The van der Waals surface area contributed by atoms with Crippen molar-refractivity contribution in [3.8, 4) is 0 Å². The quantitative estimate of drug-likeness (QED) is 0.892. The molecule has 0 spiro atoms. The van der Waals surface area contributed by atoms with Gasteiger partial charge in [-0.05, 0) is 17.7 Å². The van der Waals surface area contributed by atoms with Gasteiger partial charge in [0.15, 0.2) is 0 Å². The van der Waals surface area contributed by atoms with E-state index in [9.17, 15) is 9.90 Å². The minimum absolute atomic E-state index is 0.0472. The van der Waals surface area contributed by atoms with Gasteiger partial charge in [0.25, 0.3) is 0 Å². The summed E-state index contributed by atoms with van der Waals surface area (Å²) >= 11 is 3.34. The lowest BCUT2D eigenvalue weighted by Gasteiger charge is -2.13. The van der Waals surface area contributed by atoms with Gasteiger partial charge < -0.3 is 10.4 Å². The summed E-state index contributed by atoms with van der Waals surface area (Å²) in [4.78, 5) is 11.3. The smallest absolute Gasteiger partial charge is 0.222 e. The van der Waals surface area contributed by atoms with E-state index in [1.54, 1.807) is 0 Å². The van der Waals surface area contributed by atoms with Gasteiger partial charge in [-0.2, -0.15) is 0 Å². The molecular weight excluding hydrogens is 270 g/mol. The van der Waals surface area contributed by atoms with Crippen molar-refractivity contribution in [2.75, 3.05) is 6.54 Å². The third kappa shape index (κ3) is 3.94. The van der Waals surface area contributed by atoms with Crippen molar-refractivity contribution in [2.45, 2.75) is 20.0 Å². The molecule has 2 N–H and O–H groups in total. The molecule has 0 saturated heterocycles. The lowest BCUT2D eigenvalue weighted by Crippen LogP contribution is -2.31. The molecule has 0 fully saturated rings. The van der Waals surface area contributed by atoms with Crippen LogP contribution in [0.15, 0.2) is 28.7 Å². The molecule has 0 heterocycles. The second-order valence-electron chi connectivity index (χ2n) is 3.97. The maximum absolute atomic E-state index is 11.3. The summed E-state index contributed by atoms with van der Waals surface area (Å²) in [6.07, 6.45) is -0.666. The van der Waals surface area contributed by atoms with Crippen molar-refractivity contribution in [1.82, 2.24) is 5.32 Å². The Kier molecular flexibility index (Phi) is 4.96. The number of aliphatic hydroxyl groups is 1. The molecule has 0 aliphatic heterocycles. The summed E-state index contributed by atoms with van der Waals surface area (Å²) in [5.41, 5.74) is 0.790. The standard InChI is InChI=1S/C12H16BrNO2/c1-8(2)12(16)14-7-11(15)9-4-3-5-10(13)6-9/h3-6,8,11,15H,7H2,1-2H3,(H,14,16)/t11-/m1/s1. The fourth-order valence-electron chi connectivity index (χ4n) is 1.23. The molecule has 88 valence electrons. The Hall–Kier alpha value is -0.870. The summed E-state index contributed by atoms with van der Waals surface area (Å²) in [6, 6.07) is 7.42. The van der Waals surface area contributed by atoms with Gasteiger partial charge in [-0.25, -0.2) is 0 Å². The Morgan fingerprint density at radius 3 is 2.75 bits per heavy atom. The minimum atomic E-state index is -0.666. The normalized spacial score (nSPS) is 12.6. The van der Waals surface area contributed by atoms with Crippen LogP contribution in [0.3, 0.4) is 0 Å². The van der Waals surface area contributed by atoms with E-state index in [2.05, 4.69) is 21.2 Å². The van der Waals surface area contributed by atoms with Gasteiger partial charge in [0, 0.05) is 16.9 Å². The van der Waals surface area contributed by atoms with Crippen LogP contribution in [0, 0.1) is 5.92 Å². The number of aliphatic hydroxyl groups excluding tert-OH is 1. The van der Waals surface area contributed by atoms with E-state index < -0.39 is 6.10 Å². The highest BCUT2D eigenvalue weighted by molar-refractivity contribution is 9.10. The first-order valence-corrected chi connectivity index (χ1v) is 6.01. The SMILES string of the molecule is CC(C)C(=O)NC[C@@H](O)c1cccc(Br)c1. The van der Waals surface area contributed by atoms with Crippen LogP contribution in [0.1, 0.15) is 25.5 Å². The van der Waals surface area contributed by atoms with Crippen molar-refractivity contribution >= 4 is 21.8 Å². The van der Waals surface area contributed by atoms with Crippen molar-refractivity contribution in [3.63, 3.8) is 0 Å². The molecule has 1 atom stereocenters. The van der Waals surface area contributed by atoms with Crippen LogP contribution < -0.4 is 5.32 Å². The molecule has 1 aromatic carbocycles. The molecule has 0 bridgehead atoms. The highest BCUT2D eigenvalue weighted by Gasteiger charge is 2.11. The lowest BCUT2D eigenvalue weighted by atomic mass is 10.1. The third-order valence-electron chi connectivity index (χ3n) is 2.23. The predicted octanol–water partition coefficient (Wildman–Crippen LogP) is 2.25. The second-order valence-corrected chi connectivity index (χ2v) is 4.89. The van der Waals surface area contributed by atoms with E-state index in [4.69, 9.17) is 0 Å². The van der Waals surface area contributed by atoms with Crippen LogP contribution in [-0.2, 0) is 4.79 Å². The molecule has 4 heteroatoms. The number of nitrogens with one attached hydrogen (secondary N) is 1. The number of hydrogen-bond donors (Lipinski definition) is 2. The minimum Gasteiger partial charge on any atom is -0.387 e. The summed E-state index contributed by atoms with van der Waals surface area (Å²) in [6.45, 7) is 3.88. The van der Waals surface area contributed by atoms with E-state index in [1.807, 2.05) is 38.1 Å². The van der Waals surface area contributed by atoms with E-state index in [-0.39, 0.29) is 18.4 Å². The number of hydrogen-bond acceptors (Lipinski definition) is 2. The Morgan fingerprint density at radius 1 is 1.50 bits per heavy atom. The molecular formula is C12H16BrNO2. The summed E-state index contributed by atoms with van der Waals surface area (Å²) in [5, 5.41) is 12.5. The van der Waals surface area contributed by atoms with Crippen molar-refractivity contribution in [1.29, 1.82) is 0 Å². The predicted molar refractivity (Wildman–Crippen MR) is 66.9 cm³/mol. The molecule has 0 radical (unpaired) electrons. The van der Waals surface area contributed by atoms with E-state index in [0.29, 0.717) is 0 Å². The molecule has 16 heavy (non-hydrogen) atoms. The average Bonchev–Trinajstić information content (AvgIpc) is 2.25. The van der Waals surface area contributed by atoms with E-state index in [1.165, 1.54) is 0 Å². The van der Waals surface area contributed by atoms with Gasteiger partial charge in [-0.3, -0.25) is 4.79 Å². The maximum Gasteiger partial charge on any atom is 0.222 e. The summed E-state index contributed by atoms with van der Waals surface area (Å²) in [7, 11) is 0. The van der Waals surface area contributed by atoms with Gasteiger partial charge in [-0.1, -0.05) is 41.9 Å². The lowest BCUT2D eigenvalue weighted by molar-refractivity contribution is -0.124. The number of benzene rings is 1. The topological polar surface area (TPSA) is 49.3 Å². The Morgan fingerprint density at radius 2 is 2.19 bits per heavy atom. The summed E-state index contributed by atoms with van der Waals surface area (Å²) in [5.74, 6) is -0.108. The molecule has 0 aromatic heterocycles. The van der Waals surface area contributed by atoms with E-state index in [0.717, 1.165) is 10.0 Å². The molecule has 0 saturated carbocycles.